The number of amides is 3. The second-order valence-corrected chi connectivity index (χ2v) is 5.70. The molecule has 1 aromatic heterocycles. The molecule has 3 rings (SSSR count). The Kier molecular flexibility index (Phi) is 4.74. The Hall–Kier alpha value is -2.90. The molecule has 126 valence electrons. The van der Waals surface area contributed by atoms with Gasteiger partial charge in [0, 0.05) is 25.3 Å². The maximum Gasteiger partial charge on any atom is 0.325 e. The number of carbonyl (C=O) groups excluding carboxylic acids is 2. The predicted octanol–water partition coefficient (Wildman–Crippen LogP) is 0.645. The summed E-state index contributed by atoms with van der Waals surface area (Å²) < 4.78 is 1.64. The third kappa shape index (κ3) is 3.70. The largest absolute Gasteiger partial charge is 0.353 e. The van der Waals surface area contributed by atoms with Crippen LogP contribution in [0.5, 0.6) is 0 Å². The highest BCUT2D eigenvalue weighted by Gasteiger charge is 2.30. The number of carbonyl (C=O) groups is 2. The van der Waals surface area contributed by atoms with Crippen molar-refractivity contribution in [2.24, 2.45) is 0 Å². The molecule has 2 aromatic rings. The van der Waals surface area contributed by atoms with Crippen LogP contribution < -0.4 is 10.2 Å². The van der Waals surface area contributed by atoms with Crippen molar-refractivity contribution in [3.63, 3.8) is 0 Å². The van der Waals surface area contributed by atoms with E-state index in [1.165, 1.54) is 6.33 Å². The topological polar surface area (TPSA) is 83.4 Å². The van der Waals surface area contributed by atoms with E-state index in [1.54, 1.807) is 20.8 Å². The van der Waals surface area contributed by atoms with E-state index in [0.717, 1.165) is 11.3 Å². The maximum atomic E-state index is 12.4. The van der Waals surface area contributed by atoms with Crippen LogP contribution in [-0.2, 0) is 11.3 Å². The van der Waals surface area contributed by atoms with Crippen molar-refractivity contribution in [1.82, 2.24) is 25.0 Å². The normalized spacial score (nSPS) is 14.3. The summed E-state index contributed by atoms with van der Waals surface area (Å²) in [6.45, 7) is 4.21. The molecule has 8 heteroatoms. The van der Waals surface area contributed by atoms with Gasteiger partial charge in [0.1, 0.15) is 19.2 Å². The fourth-order valence-electron chi connectivity index (χ4n) is 2.58. The van der Waals surface area contributed by atoms with E-state index in [4.69, 9.17) is 0 Å². The number of benzene rings is 1. The molecule has 1 fully saturated rings. The zero-order chi connectivity index (χ0) is 16.9. The molecule has 2 heterocycles. The summed E-state index contributed by atoms with van der Waals surface area (Å²) in [5.74, 6) is -0.172. The van der Waals surface area contributed by atoms with Crippen molar-refractivity contribution in [1.29, 1.82) is 0 Å². The minimum atomic E-state index is -0.172. The van der Waals surface area contributed by atoms with Crippen molar-refractivity contribution in [2.75, 3.05) is 31.1 Å². The minimum Gasteiger partial charge on any atom is -0.353 e. The maximum absolute atomic E-state index is 12.4. The molecular weight excluding hydrogens is 308 g/mol. The average molecular weight is 328 g/mol. The van der Waals surface area contributed by atoms with Crippen molar-refractivity contribution < 1.29 is 9.59 Å². The Bertz CT molecular complexity index is 698. The highest BCUT2D eigenvalue weighted by Crippen LogP contribution is 2.20. The molecule has 0 aliphatic carbocycles. The average Bonchev–Trinajstić information content (AvgIpc) is 3.20. The lowest BCUT2D eigenvalue weighted by Crippen LogP contribution is -2.40. The molecule has 0 atom stereocenters. The van der Waals surface area contributed by atoms with E-state index in [9.17, 15) is 9.59 Å². The van der Waals surface area contributed by atoms with Crippen LogP contribution in [0.4, 0.5) is 10.5 Å². The van der Waals surface area contributed by atoms with Crippen LogP contribution in [0.25, 0.3) is 0 Å². The first-order valence-corrected chi connectivity index (χ1v) is 7.86. The summed E-state index contributed by atoms with van der Waals surface area (Å²) in [5.41, 5.74) is 2.01. The fourth-order valence-corrected chi connectivity index (χ4v) is 2.58. The summed E-state index contributed by atoms with van der Waals surface area (Å²) in [4.78, 5) is 31.5. The molecule has 8 nitrogen and oxygen atoms in total. The highest BCUT2D eigenvalue weighted by molar-refractivity contribution is 5.96. The van der Waals surface area contributed by atoms with E-state index in [2.05, 4.69) is 15.4 Å². The van der Waals surface area contributed by atoms with Gasteiger partial charge in [-0.05, 0) is 19.1 Å². The number of aromatic nitrogens is 3. The molecule has 0 bridgehead atoms. The number of anilines is 1. The van der Waals surface area contributed by atoms with Crippen molar-refractivity contribution in [2.45, 2.75) is 13.5 Å². The molecule has 1 aliphatic rings. The summed E-state index contributed by atoms with van der Waals surface area (Å²) in [5, 5.41) is 6.75. The van der Waals surface area contributed by atoms with E-state index >= 15 is 0 Å². The molecule has 0 radical (unpaired) electrons. The van der Waals surface area contributed by atoms with Crippen molar-refractivity contribution in [3.05, 3.63) is 42.5 Å². The monoisotopic (exact) mass is 328 g/mol. The standard InChI is InChI=1S/C16H20N6O2/c1-13-2-4-14(5-3-13)22-9-8-20(16(22)24)10-15(23)18-6-7-21-12-17-11-19-21/h2-5,11-12H,6-10H2,1H3,(H,18,23). The molecule has 1 N–H and O–H groups in total. The highest BCUT2D eigenvalue weighted by atomic mass is 16.2. The Morgan fingerprint density at radius 2 is 2.04 bits per heavy atom. The van der Waals surface area contributed by atoms with Gasteiger partial charge in [0.05, 0.1) is 6.54 Å². The van der Waals surface area contributed by atoms with Crippen LogP contribution in [0.1, 0.15) is 5.56 Å². The molecule has 3 amide bonds. The molecule has 0 spiro atoms. The number of hydrogen-bond donors (Lipinski definition) is 1. The summed E-state index contributed by atoms with van der Waals surface area (Å²) in [6.07, 6.45) is 3.04. The summed E-state index contributed by atoms with van der Waals surface area (Å²) in [6, 6.07) is 7.67. The van der Waals surface area contributed by atoms with Gasteiger partial charge in [-0.2, -0.15) is 5.10 Å². The van der Waals surface area contributed by atoms with E-state index in [0.29, 0.717) is 26.2 Å². The van der Waals surface area contributed by atoms with Crippen LogP contribution in [0.15, 0.2) is 36.9 Å². The van der Waals surface area contributed by atoms with Crippen LogP contribution in [0, 0.1) is 6.92 Å². The predicted molar refractivity (Wildman–Crippen MR) is 88.5 cm³/mol. The van der Waals surface area contributed by atoms with Crippen molar-refractivity contribution in [3.8, 4) is 0 Å². The summed E-state index contributed by atoms with van der Waals surface area (Å²) in [7, 11) is 0. The lowest BCUT2D eigenvalue weighted by atomic mass is 10.2. The van der Waals surface area contributed by atoms with Gasteiger partial charge in [-0.15, -0.1) is 0 Å². The van der Waals surface area contributed by atoms with E-state index < -0.39 is 0 Å². The number of hydrogen-bond acceptors (Lipinski definition) is 4. The zero-order valence-corrected chi connectivity index (χ0v) is 13.6. The molecule has 1 saturated heterocycles. The molecule has 24 heavy (non-hydrogen) atoms. The van der Waals surface area contributed by atoms with E-state index in [-0.39, 0.29) is 18.5 Å². The Labute approximate surface area is 140 Å². The van der Waals surface area contributed by atoms with Crippen LogP contribution in [0.2, 0.25) is 0 Å². The number of rotatable bonds is 6. The zero-order valence-electron chi connectivity index (χ0n) is 13.6. The third-order valence-corrected chi connectivity index (χ3v) is 3.90. The van der Waals surface area contributed by atoms with Crippen LogP contribution in [-0.4, -0.2) is 57.8 Å². The Morgan fingerprint density at radius 1 is 1.25 bits per heavy atom. The first kappa shape index (κ1) is 16.0. The van der Waals surface area contributed by atoms with Gasteiger partial charge in [-0.25, -0.2) is 9.78 Å². The molecule has 0 saturated carbocycles. The third-order valence-electron chi connectivity index (χ3n) is 3.90. The Balaban J connectivity index is 1.48. The quantitative estimate of drug-likeness (QED) is 0.844. The number of nitrogens with one attached hydrogen (secondary N) is 1. The lowest BCUT2D eigenvalue weighted by Gasteiger charge is -2.18. The van der Waals surface area contributed by atoms with Gasteiger partial charge in [0.25, 0.3) is 0 Å². The first-order valence-electron chi connectivity index (χ1n) is 7.86. The van der Waals surface area contributed by atoms with Gasteiger partial charge in [0.15, 0.2) is 0 Å². The number of aryl methyl sites for hydroxylation is 1. The minimum absolute atomic E-state index is 0.0680. The van der Waals surface area contributed by atoms with Gasteiger partial charge >= 0.3 is 6.03 Å². The molecule has 1 aliphatic heterocycles. The molecule has 0 unspecified atom stereocenters. The smallest absolute Gasteiger partial charge is 0.325 e. The van der Waals surface area contributed by atoms with Gasteiger partial charge in [0.2, 0.25) is 5.91 Å². The Morgan fingerprint density at radius 3 is 2.75 bits per heavy atom. The fraction of sp³-hybridized carbons (Fsp3) is 0.375. The van der Waals surface area contributed by atoms with Gasteiger partial charge in [-0.1, -0.05) is 17.7 Å². The summed E-state index contributed by atoms with van der Waals surface area (Å²) >= 11 is 0. The van der Waals surface area contributed by atoms with Crippen molar-refractivity contribution >= 4 is 17.6 Å². The van der Waals surface area contributed by atoms with Crippen LogP contribution in [0.3, 0.4) is 0 Å². The van der Waals surface area contributed by atoms with Gasteiger partial charge in [-0.3, -0.25) is 14.4 Å². The SMILES string of the molecule is Cc1ccc(N2CCN(CC(=O)NCCn3cncn3)C2=O)cc1. The first-order chi connectivity index (χ1) is 11.6. The van der Waals surface area contributed by atoms with Gasteiger partial charge < -0.3 is 10.2 Å². The second kappa shape index (κ2) is 7.12. The molecule has 1 aromatic carbocycles. The molecular formula is C16H20N6O2. The lowest BCUT2D eigenvalue weighted by molar-refractivity contribution is -0.121. The number of urea groups is 1. The number of nitrogens with zero attached hydrogens (tertiary/aromatic N) is 5. The van der Waals surface area contributed by atoms with Crippen LogP contribution >= 0.6 is 0 Å². The van der Waals surface area contributed by atoms with E-state index in [1.807, 2.05) is 31.2 Å². The second-order valence-electron chi connectivity index (χ2n) is 5.70.